The highest BCUT2D eigenvalue weighted by Gasteiger charge is 2.33. The number of rotatable bonds is 4. The second kappa shape index (κ2) is 5.28. The highest BCUT2D eigenvalue weighted by molar-refractivity contribution is 4.91. The summed E-state index contributed by atoms with van der Waals surface area (Å²) in [6, 6.07) is 1.24. The van der Waals surface area contributed by atoms with E-state index in [0.29, 0.717) is 24.3 Å². The molecule has 0 spiro atoms. The van der Waals surface area contributed by atoms with Gasteiger partial charge in [0.25, 0.3) is 0 Å². The van der Waals surface area contributed by atoms with E-state index in [0.717, 1.165) is 0 Å². The van der Waals surface area contributed by atoms with Crippen molar-refractivity contribution in [1.82, 2.24) is 5.32 Å². The first-order chi connectivity index (χ1) is 7.33. The maximum Gasteiger partial charge on any atom is 0.0724 e. The predicted octanol–water partition coefficient (Wildman–Crippen LogP) is 1.71. The first-order valence-electron chi connectivity index (χ1n) is 6.15. The summed E-state index contributed by atoms with van der Waals surface area (Å²) in [5, 5.41) is 3.72. The van der Waals surface area contributed by atoms with Crippen LogP contribution in [0.3, 0.4) is 0 Å². The van der Waals surface area contributed by atoms with E-state index in [9.17, 15) is 0 Å². The third-order valence-electron chi connectivity index (χ3n) is 3.88. The van der Waals surface area contributed by atoms with Crippen molar-refractivity contribution in [2.75, 3.05) is 14.2 Å². The van der Waals surface area contributed by atoms with Crippen LogP contribution in [0.15, 0.2) is 0 Å². The molecule has 1 N–H and O–H groups in total. The maximum absolute atomic E-state index is 5.53. The van der Waals surface area contributed by atoms with Crippen LogP contribution in [0.4, 0.5) is 0 Å². The average Bonchev–Trinajstić information content (AvgIpc) is 2.23. The first-order valence-corrected chi connectivity index (χ1v) is 6.15. The molecular weight excluding hydrogens is 190 g/mol. The Kier molecular flexibility index (Phi) is 4.00. The highest BCUT2D eigenvalue weighted by atomic mass is 16.5. The van der Waals surface area contributed by atoms with Crippen molar-refractivity contribution in [3.8, 4) is 0 Å². The molecule has 2 rings (SSSR count). The van der Waals surface area contributed by atoms with Crippen molar-refractivity contribution in [3.05, 3.63) is 0 Å². The minimum absolute atomic E-state index is 0.431. The minimum Gasteiger partial charge on any atom is -0.381 e. The number of hydrogen-bond acceptors (Lipinski definition) is 3. The fourth-order valence-electron chi connectivity index (χ4n) is 2.77. The van der Waals surface area contributed by atoms with Crippen molar-refractivity contribution < 1.29 is 9.47 Å². The molecule has 0 aliphatic heterocycles. The molecule has 0 amide bonds. The van der Waals surface area contributed by atoms with E-state index in [2.05, 4.69) is 5.32 Å². The zero-order valence-corrected chi connectivity index (χ0v) is 9.87. The van der Waals surface area contributed by atoms with E-state index >= 15 is 0 Å². The maximum atomic E-state index is 5.53. The second-order valence-electron chi connectivity index (χ2n) is 4.86. The van der Waals surface area contributed by atoms with E-state index < -0.39 is 0 Å². The summed E-state index contributed by atoms with van der Waals surface area (Å²) in [7, 11) is 3.64. The third kappa shape index (κ3) is 2.71. The fourth-order valence-corrected chi connectivity index (χ4v) is 2.77. The lowest BCUT2D eigenvalue weighted by Crippen LogP contribution is -2.53. The second-order valence-corrected chi connectivity index (χ2v) is 4.86. The number of methoxy groups -OCH3 is 2. The van der Waals surface area contributed by atoms with Gasteiger partial charge in [-0.15, -0.1) is 0 Å². The lowest BCUT2D eigenvalue weighted by atomic mass is 9.85. The van der Waals surface area contributed by atoms with E-state index in [4.69, 9.17) is 9.47 Å². The Morgan fingerprint density at radius 3 is 2.40 bits per heavy atom. The molecule has 2 saturated carbocycles. The van der Waals surface area contributed by atoms with Crippen LogP contribution in [0.1, 0.15) is 38.5 Å². The Labute approximate surface area is 92.5 Å². The van der Waals surface area contributed by atoms with Gasteiger partial charge in [-0.25, -0.2) is 0 Å². The Morgan fingerprint density at radius 2 is 1.73 bits per heavy atom. The minimum atomic E-state index is 0.431. The predicted molar refractivity (Wildman–Crippen MR) is 60.0 cm³/mol. The van der Waals surface area contributed by atoms with Gasteiger partial charge in [0.15, 0.2) is 0 Å². The Morgan fingerprint density at radius 1 is 1.00 bits per heavy atom. The SMILES string of the molecule is COC1CC(NC2CCCCC2OC)C1. The van der Waals surface area contributed by atoms with Crippen LogP contribution in [0.25, 0.3) is 0 Å². The summed E-state index contributed by atoms with van der Waals surface area (Å²) < 4.78 is 10.8. The van der Waals surface area contributed by atoms with E-state index in [1.165, 1.54) is 38.5 Å². The molecule has 2 aliphatic rings. The molecule has 15 heavy (non-hydrogen) atoms. The molecule has 0 heterocycles. The van der Waals surface area contributed by atoms with Crippen molar-refractivity contribution in [2.24, 2.45) is 0 Å². The molecule has 0 saturated heterocycles. The van der Waals surface area contributed by atoms with Crippen LogP contribution < -0.4 is 5.32 Å². The molecule has 0 aromatic carbocycles. The standard InChI is InChI=1S/C12H23NO2/c1-14-10-7-9(8-10)13-11-5-3-4-6-12(11)15-2/h9-13H,3-8H2,1-2H3. The number of hydrogen-bond donors (Lipinski definition) is 1. The molecule has 3 nitrogen and oxygen atoms in total. The molecule has 0 aromatic rings. The van der Waals surface area contributed by atoms with Gasteiger partial charge in [0, 0.05) is 26.3 Å². The van der Waals surface area contributed by atoms with Gasteiger partial charge < -0.3 is 14.8 Å². The quantitative estimate of drug-likeness (QED) is 0.771. The van der Waals surface area contributed by atoms with Crippen LogP contribution in [0.2, 0.25) is 0 Å². The summed E-state index contributed by atoms with van der Waals surface area (Å²) in [4.78, 5) is 0. The summed E-state index contributed by atoms with van der Waals surface area (Å²) >= 11 is 0. The monoisotopic (exact) mass is 213 g/mol. The van der Waals surface area contributed by atoms with E-state index in [1.54, 1.807) is 7.11 Å². The molecule has 2 atom stereocenters. The van der Waals surface area contributed by atoms with Crippen LogP contribution in [0, 0.1) is 0 Å². The van der Waals surface area contributed by atoms with Gasteiger partial charge in [0.1, 0.15) is 0 Å². The molecule has 0 aromatic heterocycles. The van der Waals surface area contributed by atoms with Gasteiger partial charge in [0.05, 0.1) is 12.2 Å². The van der Waals surface area contributed by atoms with Crippen LogP contribution in [-0.2, 0) is 9.47 Å². The summed E-state index contributed by atoms with van der Waals surface area (Å²) in [5.41, 5.74) is 0. The first kappa shape index (κ1) is 11.4. The lowest BCUT2D eigenvalue weighted by molar-refractivity contribution is -0.00782. The smallest absolute Gasteiger partial charge is 0.0724 e. The van der Waals surface area contributed by atoms with Crippen molar-refractivity contribution in [1.29, 1.82) is 0 Å². The largest absolute Gasteiger partial charge is 0.381 e. The molecule has 88 valence electrons. The van der Waals surface area contributed by atoms with Gasteiger partial charge >= 0.3 is 0 Å². The summed E-state index contributed by atoms with van der Waals surface area (Å²) in [5.74, 6) is 0. The topological polar surface area (TPSA) is 30.5 Å². The molecule has 2 aliphatic carbocycles. The Bertz CT molecular complexity index is 192. The summed E-state index contributed by atoms with van der Waals surface area (Å²) in [6.45, 7) is 0. The van der Waals surface area contributed by atoms with Crippen LogP contribution >= 0.6 is 0 Å². The number of nitrogens with one attached hydrogen (secondary N) is 1. The highest BCUT2D eigenvalue weighted by Crippen LogP contribution is 2.27. The molecule has 0 radical (unpaired) electrons. The fraction of sp³-hybridized carbons (Fsp3) is 1.00. The summed E-state index contributed by atoms with van der Waals surface area (Å²) in [6.07, 6.45) is 8.42. The average molecular weight is 213 g/mol. The molecule has 3 heteroatoms. The van der Waals surface area contributed by atoms with Gasteiger partial charge in [-0.05, 0) is 25.7 Å². The lowest BCUT2D eigenvalue weighted by Gasteiger charge is -2.40. The Balaban J connectivity index is 1.73. The van der Waals surface area contributed by atoms with Gasteiger partial charge in [0.2, 0.25) is 0 Å². The van der Waals surface area contributed by atoms with Crippen molar-refractivity contribution in [3.63, 3.8) is 0 Å². The van der Waals surface area contributed by atoms with Crippen molar-refractivity contribution >= 4 is 0 Å². The van der Waals surface area contributed by atoms with Gasteiger partial charge in [-0.2, -0.15) is 0 Å². The van der Waals surface area contributed by atoms with Crippen LogP contribution in [0.5, 0.6) is 0 Å². The van der Waals surface area contributed by atoms with Gasteiger partial charge in [-0.3, -0.25) is 0 Å². The zero-order valence-electron chi connectivity index (χ0n) is 9.87. The molecule has 2 fully saturated rings. The number of ether oxygens (including phenoxy) is 2. The zero-order chi connectivity index (χ0) is 10.7. The third-order valence-corrected chi connectivity index (χ3v) is 3.88. The van der Waals surface area contributed by atoms with Crippen molar-refractivity contribution in [2.45, 2.75) is 62.8 Å². The normalized spacial score (nSPS) is 41.2. The van der Waals surface area contributed by atoms with Gasteiger partial charge in [-0.1, -0.05) is 12.8 Å². The van der Waals surface area contributed by atoms with Crippen LogP contribution in [-0.4, -0.2) is 38.5 Å². The molecule has 0 bridgehead atoms. The van der Waals surface area contributed by atoms with E-state index in [1.807, 2.05) is 7.11 Å². The van der Waals surface area contributed by atoms with E-state index in [-0.39, 0.29) is 0 Å². The Hall–Kier alpha value is -0.120. The molecular formula is C12H23NO2. The molecule has 2 unspecified atom stereocenters.